The molecule has 342 valence electrons. The molecule has 4 aromatic rings. The summed E-state index contributed by atoms with van der Waals surface area (Å²) in [5.41, 5.74) is 6.66. The lowest BCUT2D eigenvalue weighted by Crippen LogP contribution is -2.57. The number of carbonyl (C=O) groups excluding carboxylic acids is 3. The van der Waals surface area contributed by atoms with Gasteiger partial charge < -0.3 is 35.0 Å². The number of nitrogens with zero attached hydrogens (tertiary/aromatic N) is 8. The minimum Gasteiger partial charge on any atom is -0.494 e. The summed E-state index contributed by atoms with van der Waals surface area (Å²) in [4.78, 5) is 58.0. The molecule has 3 N–H and O–H groups in total. The molecule has 1 unspecified atom stereocenters. The lowest BCUT2D eigenvalue weighted by atomic mass is 9.96. The number of hydrogen-bond acceptors (Lipinski definition) is 14. The molecule has 6 aliphatic heterocycles. The van der Waals surface area contributed by atoms with Gasteiger partial charge in [-0.15, -0.1) is 0 Å². The maximum atomic E-state index is 13.1. The maximum Gasteiger partial charge on any atom is 0.255 e. The summed E-state index contributed by atoms with van der Waals surface area (Å²) in [6, 6.07) is 17.7. The molecule has 3 aromatic carbocycles. The van der Waals surface area contributed by atoms with Crippen LogP contribution in [0.2, 0.25) is 5.02 Å². The molecule has 6 aliphatic rings. The Bertz CT molecular complexity index is 2630. The van der Waals surface area contributed by atoms with Crippen molar-refractivity contribution in [2.75, 3.05) is 104 Å². The third-order valence-corrected chi connectivity index (χ3v) is 15.3. The van der Waals surface area contributed by atoms with E-state index >= 15 is 0 Å². The number of aromatic nitrogens is 2. The maximum absolute atomic E-state index is 13.1. The van der Waals surface area contributed by atoms with Crippen molar-refractivity contribution in [3.63, 3.8) is 0 Å². The van der Waals surface area contributed by atoms with E-state index < -0.39 is 16.1 Å². The normalized spacial score (nSPS) is 21.0. The molecule has 0 bridgehead atoms. The number of rotatable bonds is 12. The van der Waals surface area contributed by atoms with Crippen LogP contribution in [0.15, 0.2) is 60.8 Å². The Balaban J connectivity index is 0.681. The Hall–Kier alpha value is -5.69. The Morgan fingerprint density at radius 3 is 2.37 bits per heavy atom. The van der Waals surface area contributed by atoms with Crippen LogP contribution in [0.1, 0.15) is 47.2 Å². The fourth-order valence-corrected chi connectivity index (χ4v) is 11.5. The predicted molar refractivity (Wildman–Crippen MR) is 250 cm³/mol. The van der Waals surface area contributed by atoms with Crippen LogP contribution in [-0.2, 0) is 32.6 Å². The Morgan fingerprint density at radius 2 is 1.62 bits per heavy atom. The molecular formula is C46H54ClN11O6S. The first kappa shape index (κ1) is 43.2. The second-order valence-electron chi connectivity index (χ2n) is 18.0. The van der Waals surface area contributed by atoms with Crippen LogP contribution in [0.3, 0.4) is 0 Å². The third-order valence-electron chi connectivity index (χ3n) is 13.9. The number of halogens is 1. The zero-order valence-electron chi connectivity index (χ0n) is 36.6. The predicted octanol–water partition coefficient (Wildman–Crippen LogP) is 4.43. The zero-order chi connectivity index (χ0) is 45.0. The first-order valence-electron chi connectivity index (χ1n) is 22.5. The van der Waals surface area contributed by atoms with E-state index in [0.29, 0.717) is 83.1 Å². The number of imide groups is 1. The number of carbonyl (C=O) groups is 3. The molecule has 0 aliphatic carbocycles. The monoisotopic (exact) mass is 923 g/mol. The average Bonchev–Trinajstić information content (AvgIpc) is 3.88. The Kier molecular flexibility index (Phi) is 11.7. The molecule has 4 saturated heterocycles. The van der Waals surface area contributed by atoms with Crippen molar-refractivity contribution in [1.29, 1.82) is 0 Å². The minimum absolute atomic E-state index is 0.134. The van der Waals surface area contributed by atoms with Gasteiger partial charge in [0.05, 0.1) is 36.6 Å². The van der Waals surface area contributed by atoms with Gasteiger partial charge in [0.25, 0.3) is 5.91 Å². The highest BCUT2D eigenvalue weighted by atomic mass is 35.5. The van der Waals surface area contributed by atoms with E-state index in [1.807, 2.05) is 42.5 Å². The quantitative estimate of drug-likeness (QED) is 0.170. The van der Waals surface area contributed by atoms with E-state index in [-0.39, 0.29) is 24.1 Å². The number of piperazine rings is 1. The fourth-order valence-electron chi connectivity index (χ4n) is 10.4. The fraction of sp³-hybridized carbons (Fsp3) is 0.457. The number of piperidine rings is 2. The van der Waals surface area contributed by atoms with Crippen LogP contribution in [0, 0.1) is 5.92 Å². The molecule has 19 heteroatoms. The summed E-state index contributed by atoms with van der Waals surface area (Å²) in [5, 5.41) is 9.21. The van der Waals surface area contributed by atoms with Gasteiger partial charge in [-0.3, -0.25) is 28.9 Å². The van der Waals surface area contributed by atoms with Crippen LogP contribution >= 0.6 is 11.6 Å². The smallest absolute Gasteiger partial charge is 0.255 e. The molecular weight excluding hydrogens is 870 g/mol. The minimum atomic E-state index is -3.46. The van der Waals surface area contributed by atoms with Crippen molar-refractivity contribution < 1.29 is 27.5 Å². The number of fused-ring (bicyclic) bond motifs is 2. The number of benzene rings is 3. The van der Waals surface area contributed by atoms with Gasteiger partial charge in [0.15, 0.2) is 5.82 Å². The van der Waals surface area contributed by atoms with Crippen molar-refractivity contribution in [3.05, 3.63) is 82.5 Å². The molecule has 7 heterocycles. The molecule has 4 fully saturated rings. The van der Waals surface area contributed by atoms with Gasteiger partial charge in [-0.2, -0.15) is 4.98 Å². The number of sulfonamides is 1. The number of nitrogens with one attached hydrogen (secondary N) is 3. The highest BCUT2D eigenvalue weighted by molar-refractivity contribution is 7.92. The van der Waals surface area contributed by atoms with Gasteiger partial charge >= 0.3 is 0 Å². The Labute approximate surface area is 384 Å². The van der Waals surface area contributed by atoms with Crippen molar-refractivity contribution >= 4 is 79.5 Å². The number of para-hydroxylation sites is 1. The standard InChI is InChI=1S/C46H54ClN11O6S/c1-64-40-23-34(7-9-37(40)50-46-48-24-36(47)43(52-46)49-38-5-3-4-30-12-17-58(42(30)38)65(2,62)63)54-15-13-32(14-16-54)55-20-18-53(19-21-55)25-29-26-56(27-29)33-6-8-35-31(22-33)28-57(45(35)61)39-10-11-41(59)51-44(39)60/h3-9,22-24,29,32,39H,10-21,25-28H2,1-2H3,(H,51,59,60)(H2,48,49,50,52). The zero-order valence-corrected chi connectivity index (χ0v) is 38.2. The highest BCUT2D eigenvalue weighted by Crippen LogP contribution is 2.40. The summed E-state index contributed by atoms with van der Waals surface area (Å²) >= 11 is 6.54. The molecule has 0 spiro atoms. The molecule has 0 saturated carbocycles. The summed E-state index contributed by atoms with van der Waals surface area (Å²) in [6.45, 7) is 10.1. The lowest BCUT2D eigenvalue weighted by Gasteiger charge is -2.46. The Morgan fingerprint density at radius 1 is 0.846 bits per heavy atom. The van der Waals surface area contributed by atoms with Crippen LogP contribution in [-0.4, -0.2) is 142 Å². The third kappa shape index (κ3) is 8.76. The second kappa shape index (κ2) is 17.6. The first-order chi connectivity index (χ1) is 31.4. The van der Waals surface area contributed by atoms with Gasteiger partial charge in [-0.25, -0.2) is 13.4 Å². The SMILES string of the molecule is COc1cc(N2CCC(N3CCN(CC4CN(c5ccc6c(c5)CN(C5CCC(=O)NC5=O)C6=O)C4)CC3)CC2)ccc1Nc1ncc(Cl)c(Nc2cccc3c2N(S(C)(=O)=O)CC3)n1. The number of amides is 3. The molecule has 1 aromatic heterocycles. The van der Waals surface area contributed by atoms with Crippen LogP contribution in [0.5, 0.6) is 5.75 Å². The lowest BCUT2D eigenvalue weighted by molar-refractivity contribution is -0.136. The largest absolute Gasteiger partial charge is 0.494 e. The molecule has 0 radical (unpaired) electrons. The van der Waals surface area contributed by atoms with Crippen LogP contribution in [0.25, 0.3) is 0 Å². The number of methoxy groups -OCH3 is 1. The summed E-state index contributed by atoms with van der Waals surface area (Å²) in [5.74, 6) is 1.12. The van der Waals surface area contributed by atoms with Crippen molar-refractivity contribution in [2.24, 2.45) is 5.92 Å². The second-order valence-corrected chi connectivity index (χ2v) is 20.3. The molecule has 17 nitrogen and oxygen atoms in total. The number of ether oxygens (including phenoxy) is 1. The average molecular weight is 925 g/mol. The molecule has 3 amide bonds. The van der Waals surface area contributed by atoms with E-state index in [1.54, 1.807) is 12.0 Å². The number of anilines is 7. The van der Waals surface area contributed by atoms with E-state index in [2.05, 4.69) is 57.7 Å². The van der Waals surface area contributed by atoms with E-state index in [9.17, 15) is 22.8 Å². The van der Waals surface area contributed by atoms with E-state index in [1.165, 1.54) is 16.8 Å². The summed E-state index contributed by atoms with van der Waals surface area (Å²) in [6.07, 6.45) is 6.16. The van der Waals surface area contributed by atoms with Crippen molar-refractivity contribution in [2.45, 2.75) is 50.7 Å². The van der Waals surface area contributed by atoms with Gasteiger partial charge in [0, 0.05) is 113 Å². The van der Waals surface area contributed by atoms with Crippen LogP contribution in [0.4, 0.5) is 40.2 Å². The van der Waals surface area contributed by atoms with Gasteiger partial charge in [-0.05, 0) is 73.2 Å². The van der Waals surface area contributed by atoms with E-state index in [0.717, 1.165) is 94.2 Å². The van der Waals surface area contributed by atoms with Crippen LogP contribution < -0.4 is 34.8 Å². The summed E-state index contributed by atoms with van der Waals surface area (Å²) < 4.78 is 32.3. The van der Waals surface area contributed by atoms with Gasteiger partial charge in [0.2, 0.25) is 27.8 Å². The molecule has 65 heavy (non-hydrogen) atoms. The molecule has 1 atom stereocenters. The highest BCUT2D eigenvalue weighted by Gasteiger charge is 2.40. The topological polar surface area (TPSA) is 176 Å². The number of hydrogen-bond donors (Lipinski definition) is 3. The molecule has 10 rings (SSSR count). The van der Waals surface area contributed by atoms with Crippen molar-refractivity contribution in [1.82, 2.24) is 30.0 Å². The summed E-state index contributed by atoms with van der Waals surface area (Å²) in [7, 11) is -1.81. The van der Waals surface area contributed by atoms with Gasteiger partial charge in [0.1, 0.15) is 16.8 Å². The van der Waals surface area contributed by atoms with Gasteiger partial charge in [-0.1, -0.05) is 23.7 Å². The van der Waals surface area contributed by atoms with Crippen molar-refractivity contribution in [3.8, 4) is 5.75 Å². The first-order valence-corrected chi connectivity index (χ1v) is 24.7. The van der Waals surface area contributed by atoms with E-state index in [4.69, 9.17) is 16.3 Å².